The molecule has 0 atom stereocenters. The summed E-state index contributed by atoms with van der Waals surface area (Å²) in [5, 5.41) is 13.1. The van der Waals surface area contributed by atoms with Crippen molar-refractivity contribution in [3.8, 4) is 0 Å². The molecule has 0 radical (unpaired) electrons. The Balaban J connectivity index is 1.75. The lowest BCUT2D eigenvalue weighted by Crippen LogP contribution is -2.36. The van der Waals surface area contributed by atoms with E-state index in [2.05, 4.69) is 21.2 Å². The second-order valence-electron chi connectivity index (χ2n) is 6.10. The summed E-state index contributed by atoms with van der Waals surface area (Å²) in [5.41, 5.74) is 1.69. The molecule has 1 heterocycles. The number of amides is 3. The minimum Gasteiger partial charge on any atom is -0.324 e. The van der Waals surface area contributed by atoms with Crippen LogP contribution < -0.4 is 5.32 Å². The number of hydrogen-bond donors (Lipinski definition) is 1. The molecule has 1 N–H and O–H groups in total. The number of nitro groups is 1. The molecule has 0 saturated carbocycles. The van der Waals surface area contributed by atoms with E-state index in [1.165, 1.54) is 18.2 Å². The van der Waals surface area contributed by atoms with Gasteiger partial charge < -0.3 is 5.32 Å². The van der Waals surface area contributed by atoms with Crippen molar-refractivity contribution in [2.24, 2.45) is 0 Å². The molecule has 8 nitrogen and oxygen atoms in total. The number of carbonyl (C=O) groups is 3. The summed E-state index contributed by atoms with van der Waals surface area (Å²) >= 11 is 3.78. The van der Waals surface area contributed by atoms with Gasteiger partial charge in [0.05, 0.1) is 14.3 Å². The van der Waals surface area contributed by atoms with Crippen molar-refractivity contribution in [2.75, 3.05) is 11.9 Å². The van der Waals surface area contributed by atoms with Crippen LogP contribution in [-0.2, 0) is 9.59 Å². The van der Waals surface area contributed by atoms with Crippen LogP contribution in [0.5, 0.6) is 0 Å². The van der Waals surface area contributed by atoms with Gasteiger partial charge in [-0.25, -0.2) is 0 Å². The molecule has 0 bridgehead atoms. The van der Waals surface area contributed by atoms with Gasteiger partial charge in [0.1, 0.15) is 6.54 Å². The van der Waals surface area contributed by atoms with E-state index in [0.29, 0.717) is 27.5 Å². The number of aryl methyl sites for hydroxylation is 1. The zero-order valence-corrected chi connectivity index (χ0v) is 17.5. The fourth-order valence-electron chi connectivity index (χ4n) is 2.59. The Labute approximate surface area is 178 Å². The Morgan fingerprint density at radius 3 is 2.69 bits per heavy atom. The molecule has 0 aliphatic carbocycles. The SMILES string of the molecule is Cc1ccccc1NC(=O)CN1C(=O)S/C(=C\c2ccc(Br)c([N+](=O)[O-])c2)C1=O. The molecule has 3 amide bonds. The fourth-order valence-corrected chi connectivity index (χ4v) is 3.82. The van der Waals surface area contributed by atoms with Gasteiger partial charge in [0.15, 0.2) is 0 Å². The van der Waals surface area contributed by atoms with Crippen LogP contribution in [0.2, 0.25) is 0 Å². The topological polar surface area (TPSA) is 110 Å². The first-order valence-electron chi connectivity index (χ1n) is 8.31. The minimum atomic E-state index is -0.620. The van der Waals surface area contributed by atoms with Gasteiger partial charge in [-0.15, -0.1) is 0 Å². The van der Waals surface area contributed by atoms with Crippen molar-refractivity contribution in [2.45, 2.75) is 6.92 Å². The maximum atomic E-state index is 12.6. The highest BCUT2D eigenvalue weighted by Gasteiger charge is 2.36. The van der Waals surface area contributed by atoms with Crippen molar-refractivity contribution < 1.29 is 19.3 Å². The van der Waals surface area contributed by atoms with E-state index in [1.54, 1.807) is 18.2 Å². The number of nitrogens with zero attached hydrogens (tertiary/aromatic N) is 2. The van der Waals surface area contributed by atoms with Crippen LogP contribution in [0.25, 0.3) is 6.08 Å². The smallest absolute Gasteiger partial charge is 0.294 e. The largest absolute Gasteiger partial charge is 0.324 e. The summed E-state index contributed by atoms with van der Waals surface area (Å²) in [6.07, 6.45) is 1.39. The van der Waals surface area contributed by atoms with Crippen molar-refractivity contribution >= 4 is 62.2 Å². The molecule has 1 saturated heterocycles. The summed E-state index contributed by atoms with van der Waals surface area (Å²) < 4.78 is 0.306. The van der Waals surface area contributed by atoms with E-state index >= 15 is 0 Å². The number of rotatable bonds is 5. The summed E-state index contributed by atoms with van der Waals surface area (Å²) in [5.74, 6) is -1.12. The Morgan fingerprint density at radius 2 is 2.00 bits per heavy atom. The monoisotopic (exact) mass is 475 g/mol. The number of para-hydroxylation sites is 1. The Hall–Kier alpha value is -2.98. The highest BCUT2D eigenvalue weighted by Crippen LogP contribution is 2.33. The maximum absolute atomic E-state index is 12.6. The van der Waals surface area contributed by atoms with E-state index in [4.69, 9.17) is 0 Å². The Bertz CT molecular complexity index is 1070. The summed E-state index contributed by atoms with van der Waals surface area (Å²) in [7, 11) is 0. The zero-order chi connectivity index (χ0) is 21.1. The number of nitro benzene ring substituents is 1. The Kier molecular flexibility index (Phi) is 6.14. The first kappa shape index (κ1) is 20.7. The van der Waals surface area contributed by atoms with Crippen LogP contribution >= 0.6 is 27.7 Å². The highest BCUT2D eigenvalue weighted by molar-refractivity contribution is 9.10. The molecule has 3 rings (SSSR count). The van der Waals surface area contributed by atoms with Gasteiger partial charge in [0.2, 0.25) is 5.91 Å². The van der Waals surface area contributed by atoms with E-state index in [9.17, 15) is 24.5 Å². The quantitative estimate of drug-likeness (QED) is 0.391. The first-order chi connectivity index (χ1) is 13.8. The molecule has 2 aromatic rings. The molecule has 1 fully saturated rings. The first-order valence-corrected chi connectivity index (χ1v) is 9.92. The van der Waals surface area contributed by atoms with E-state index in [-0.39, 0.29) is 10.6 Å². The number of thioether (sulfide) groups is 1. The number of nitrogens with one attached hydrogen (secondary N) is 1. The normalized spacial score (nSPS) is 15.1. The van der Waals surface area contributed by atoms with Gasteiger partial charge in [-0.2, -0.15) is 0 Å². The van der Waals surface area contributed by atoms with Gasteiger partial charge in [0.25, 0.3) is 16.8 Å². The molecule has 10 heteroatoms. The van der Waals surface area contributed by atoms with Crippen LogP contribution in [0.4, 0.5) is 16.2 Å². The lowest BCUT2D eigenvalue weighted by atomic mass is 10.2. The molecule has 0 spiro atoms. The van der Waals surface area contributed by atoms with Crippen molar-refractivity contribution in [3.63, 3.8) is 0 Å². The van der Waals surface area contributed by atoms with Crippen LogP contribution in [0.15, 0.2) is 51.8 Å². The molecule has 2 aromatic carbocycles. The molecule has 0 unspecified atom stereocenters. The lowest BCUT2D eigenvalue weighted by Gasteiger charge is -2.13. The zero-order valence-electron chi connectivity index (χ0n) is 15.0. The molecule has 1 aliphatic heterocycles. The number of anilines is 1. The lowest BCUT2D eigenvalue weighted by molar-refractivity contribution is -0.385. The minimum absolute atomic E-state index is 0.0929. The van der Waals surface area contributed by atoms with Gasteiger partial charge in [-0.1, -0.05) is 24.3 Å². The average molecular weight is 476 g/mol. The molecule has 0 aromatic heterocycles. The molecule has 29 heavy (non-hydrogen) atoms. The maximum Gasteiger partial charge on any atom is 0.294 e. The number of halogens is 1. The van der Waals surface area contributed by atoms with Gasteiger partial charge in [-0.05, 0) is 64.0 Å². The van der Waals surface area contributed by atoms with Crippen LogP contribution in [0, 0.1) is 17.0 Å². The van der Waals surface area contributed by atoms with Crippen LogP contribution in [-0.4, -0.2) is 33.4 Å². The van der Waals surface area contributed by atoms with Crippen molar-refractivity contribution in [1.82, 2.24) is 4.90 Å². The van der Waals surface area contributed by atoms with E-state index < -0.39 is 28.5 Å². The highest BCUT2D eigenvalue weighted by atomic mass is 79.9. The number of imide groups is 1. The van der Waals surface area contributed by atoms with Crippen molar-refractivity contribution in [1.29, 1.82) is 0 Å². The molecular weight excluding hydrogens is 462 g/mol. The third-order valence-electron chi connectivity index (χ3n) is 4.06. The molecule has 1 aliphatic rings. The second kappa shape index (κ2) is 8.58. The van der Waals surface area contributed by atoms with E-state index in [1.807, 2.05) is 19.1 Å². The molecule has 148 valence electrons. The predicted octanol–water partition coefficient (Wildman–Crippen LogP) is 4.34. The van der Waals surface area contributed by atoms with Crippen molar-refractivity contribution in [3.05, 3.63) is 73.1 Å². The molecular formula is C19H14BrN3O5S. The van der Waals surface area contributed by atoms with Crippen LogP contribution in [0.3, 0.4) is 0 Å². The van der Waals surface area contributed by atoms with Crippen LogP contribution in [0.1, 0.15) is 11.1 Å². The predicted molar refractivity (Wildman–Crippen MR) is 113 cm³/mol. The number of carbonyl (C=O) groups excluding carboxylic acids is 3. The number of benzene rings is 2. The summed E-state index contributed by atoms with van der Waals surface area (Å²) in [6.45, 7) is 1.41. The number of hydrogen-bond acceptors (Lipinski definition) is 6. The summed E-state index contributed by atoms with van der Waals surface area (Å²) in [6, 6.07) is 11.5. The Morgan fingerprint density at radius 1 is 1.28 bits per heavy atom. The standard InChI is InChI=1S/C19H14BrN3O5S/c1-11-4-2-3-5-14(11)21-17(24)10-22-18(25)16(29-19(22)26)9-12-6-7-13(20)15(8-12)23(27)28/h2-9H,10H2,1H3,(H,21,24)/b16-9-. The van der Waals surface area contributed by atoms with E-state index in [0.717, 1.165) is 10.5 Å². The second-order valence-corrected chi connectivity index (χ2v) is 7.95. The third-order valence-corrected chi connectivity index (χ3v) is 5.64. The third kappa shape index (κ3) is 4.72. The fraction of sp³-hybridized carbons (Fsp3) is 0.105. The van der Waals surface area contributed by atoms with Gasteiger partial charge in [-0.3, -0.25) is 29.4 Å². The van der Waals surface area contributed by atoms with Gasteiger partial charge in [0, 0.05) is 11.8 Å². The van der Waals surface area contributed by atoms with Gasteiger partial charge >= 0.3 is 0 Å². The summed E-state index contributed by atoms with van der Waals surface area (Å²) in [4.78, 5) is 48.5. The average Bonchev–Trinajstić information content (AvgIpc) is 2.92.